The molecule has 1 saturated heterocycles. The summed E-state index contributed by atoms with van der Waals surface area (Å²) in [5.74, 6) is 2.31. The first kappa shape index (κ1) is 13.0. The van der Waals surface area contributed by atoms with Crippen LogP contribution in [0.2, 0.25) is 0 Å². The Balaban J connectivity index is 1.67. The molecule has 1 heterocycles. The van der Waals surface area contributed by atoms with E-state index < -0.39 is 0 Å². The van der Waals surface area contributed by atoms with Crippen LogP contribution in [-0.4, -0.2) is 13.1 Å². The molecule has 3 heteroatoms. The lowest BCUT2D eigenvalue weighted by Gasteiger charge is -2.23. The van der Waals surface area contributed by atoms with E-state index in [0.29, 0.717) is 5.92 Å². The van der Waals surface area contributed by atoms with E-state index in [0.717, 1.165) is 30.3 Å². The van der Waals surface area contributed by atoms with E-state index in [1.807, 2.05) is 36.4 Å². The third-order valence-corrected chi connectivity index (χ3v) is 3.76. The number of hydrogen-bond acceptors (Lipinski definition) is 3. The number of piperidine rings is 1. The summed E-state index contributed by atoms with van der Waals surface area (Å²) in [5.41, 5.74) is 7.80. The molecule has 0 bridgehead atoms. The van der Waals surface area contributed by atoms with Crippen molar-refractivity contribution >= 4 is 5.69 Å². The van der Waals surface area contributed by atoms with Crippen LogP contribution in [0.3, 0.4) is 0 Å². The summed E-state index contributed by atoms with van der Waals surface area (Å²) < 4.78 is 5.80. The van der Waals surface area contributed by atoms with Gasteiger partial charge in [-0.3, -0.25) is 0 Å². The van der Waals surface area contributed by atoms with Crippen molar-refractivity contribution in [2.24, 2.45) is 0 Å². The van der Waals surface area contributed by atoms with Gasteiger partial charge in [0.05, 0.1) is 0 Å². The van der Waals surface area contributed by atoms with Gasteiger partial charge in [-0.1, -0.05) is 12.1 Å². The molecule has 1 aliphatic rings. The van der Waals surface area contributed by atoms with Crippen LogP contribution >= 0.6 is 0 Å². The summed E-state index contributed by atoms with van der Waals surface area (Å²) in [6.45, 7) is 2.23. The predicted octanol–water partition coefficient (Wildman–Crippen LogP) is 3.53. The van der Waals surface area contributed by atoms with Gasteiger partial charge in [0.2, 0.25) is 0 Å². The maximum atomic E-state index is 5.80. The maximum Gasteiger partial charge on any atom is 0.127 e. The molecule has 0 spiro atoms. The highest BCUT2D eigenvalue weighted by Crippen LogP contribution is 2.27. The minimum Gasteiger partial charge on any atom is -0.457 e. The normalized spacial score (nSPS) is 18.7. The second-order valence-corrected chi connectivity index (χ2v) is 5.28. The zero-order valence-corrected chi connectivity index (χ0v) is 11.5. The largest absolute Gasteiger partial charge is 0.457 e. The second kappa shape index (κ2) is 5.97. The molecular weight excluding hydrogens is 248 g/mol. The standard InChI is InChI=1S/C17H20N2O/c18-15-5-9-17(10-6-15)20-16-7-3-13(4-8-16)14-2-1-11-19-12-14/h3-10,14,19H,1-2,11-12,18H2. The summed E-state index contributed by atoms with van der Waals surface area (Å²) in [6.07, 6.45) is 2.53. The molecule has 3 rings (SSSR count). The van der Waals surface area contributed by atoms with Gasteiger partial charge in [0.15, 0.2) is 0 Å². The first-order valence-corrected chi connectivity index (χ1v) is 7.15. The molecule has 1 fully saturated rings. The zero-order valence-electron chi connectivity index (χ0n) is 11.5. The van der Waals surface area contributed by atoms with Crippen LogP contribution in [0.25, 0.3) is 0 Å². The summed E-state index contributed by atoms with van der Waals surface area (Å²) in [6, 6.07) is 15.9. The van der Waals surface area contributed by atoms with Crippen LogP contribution in [0.15, 0.2) is 48.5 Å². The third-order valence-electron chi connectivity index (χ3n) is 3.76. The molecule has 1 unspecified atom stereocenters. The van der Waals surface area contributed by atoms with E-state index in [4.69, 9.17) is 10.5 Å². The minimum absolute atomic E-state index is 0.634. The first-order valence-electron chi connectivity index (χ1n) is 7.15. The lowest BCUT2D eigenvalue weighted by molar-refractivity contribution is 0.459. The average molecular weight is 268 g/mol. The van der Waals surface area contributed by atoms with E-state index >= 15 is 0 Å². The molecule has 3 N–H and O–H groups in total. The van der Waals surface area contributed by atoms with Crippen molar-refractivity contribution in [2.45, 2.75) is 18.8 Å². The average Bonchev–Trinajstić information content (AvgIpc) is 2.51. The number of anilines is 1. The van der Waals surface area contributed by atoms with Gasteiger partial charge in [-0.15, -0.1) is 0 Å². The summed E-state index contributed by atoms with van der Waals surface area (Å²) in [4.78, 5) is 0. The van der Waals surface area contributed by atoms with Crippen molar-refractivity contribution < 1.29 is 4.74 Å². The highest BCUT2D eigenvalue weighted by Gasteiger charge is 2.14. The fourth-order valence-corrected chi connectivity index (χ4v) is 2.62. The topological polar surface area (TPSA) is 47.3 Å². The molecule has 0 amide bonds. The van der Waals surface area contributed by atoms with Gasteiger partial charge >= 0.3 is 0 Å². The van der Waals surface area contributed by atoms with E-state index in [9.17, 15) is 0 Å². The van der Waals surface area contributed by atoms with Crippen molar-refractivity contribution in [1.29, 1.82) is 0 Å². The number of benzene rings is 2. The number of hydrogen-bond donors (Lipinski definition) is 2. The Morgan fingerprint density at radius 1 is 0.950 bits per heavy atom. The number of rotatable bonds is 3. The van der Waals surface area contributed by atoms with Gasteiger partial charge in [-0.05, 0) is 67.3 Å². The molecule has 0 aliphatic carbocycles. The SMILES string of the molecule is Nc1ccc(Oc2ccc(C3CCCNC3)cc2)cc1. The van der Waals surface area contributed by atoms with Crippen molar-refractivity contribution in [3.05, 3.63) is 54.1 Å². The van der Waals surface area contributed by atoms with Crippen LogP contribution in [0.1, 0.15) is 24.3 Å². The van der Waals surface area contributed by atoms with Crippen LogP contribution in [-0.2, 0) is 0 Å². The van der Waals surface area contributed by atoms with Crippen LogP contribution in [0.4, 0.5) is 5.69 Å². The van der Waals surface area contributed by atoms with Gasteiger partial charge in [0.25, 0.3) is 0 Å². The van der Waals surface area contributed by atoms with Gasteiger partial charge in [-0.25, -0.2) is 0 Å². The molecular formula is C17H20N2O. The van der Waals surface area contributed by atoms with Crippen molar-refractivity contribution in [1.82, 2.24) is 5.32 Å². The Bertz CT molecular complexity index is 542. The fraction of sp³-hybridized carbons (Fsp3) is 0.294. The number of nitrogen functional groups attached to an aromatic ring is 1. The molecule has 2 aromatic carbocycles. The van der Waals surface area contributed by atoms with Crippen LogP contribution in [0.5, 0.6) is 11.5 Å². The molecule has 0 radical (unpaired) electrons. The second-order valence-electron chi connectivity index (χ2n) is 5.28. The van der Waals surface area contributed by atoms with Gasteiger partial charge in [-0.2, -0.15) is 0 Å². The van der Waals surface area contributed by atoms with Crippen LogP contribution in [0, 0.1) is 0 Å². The van der Waals surface area contributed by atoms with Gasteiger partial charge in [0.1, 0.15) is 11.5 Å². The van der Waals surface area contributed by atoms with Gasteiger partial charge < -0.3 is 15.8 Å². The molecule has 2 aromatic rings. The summed E-state index contributed by atoms with van der Waals surface area (Å²) >= 11 is 0. The molecule has 104 valence electrons. The molecule has 1 atom stereocenters. The Morgan fingerprint density at radius 3 is 2.20 bits per heavy atom. The first-order chi connectivity index (χ1) is 9.81. The van der Waals surface area contributed by atoms with E-state index in [1.54, 1.807) is 0 Å². The Kier molecular flexibility index (Phi) is 3.88. The Hall–Kier alpha value is -2.00. The zero-order chi connectivity index (χ0) is 13.8. The van der Waals surface area contributed by atoms with E-state index in [2.05, 4.69) is 17.4 Å². The van der Waals surface area contributed by atoms with E-state index in [1.165, 1.54) is 18.4 Å². The van der Waals surface area contributed by atoms with Crippen LogP contribution < -0.4 is 15.8 Å². The fourth-order valence-electron chi connectivity index (χ4n) is 2.62. The summed E-state index contributed by atoms with van der Waals surface area (Å²) in [5, 5.41) is 3.45. The van der Waals surface area contributed by atoms with E-state index in [-0.39, 0.29) is 0 Å². The predicted molar refractivity (Wildman–Crippen MR) is 82.2 cm³/mol. The third kappa shape index (κ3) is 3.11. The quantitative estimate of drug-likeness (QED) is 0.837. The number of nitrogens with one attached hydrogen (secondary N) is 1. The summed E-state index contributed by atoms with van der Waals surface area (Å²) in [7, 11) is 0. The lowest BCUT2D eigenvalue weighted by atomic mass is 9.92. The minimum atomic E-state index is 0.634. The molecule has 0 saturated carbocycles. The highest BCUT2D eigenvalue weighted by atomic mass is 16.5. The monoisotopic (exact) mass is 268 g/mol. The Morgan fingerprint density at radius 2 is 1.60 bits per heavy atom. The maximum absolute atomic E-state index is 5.80. The van der Waals surface area contributed by atoms with Crippen molar-refractivity contribution in [3.8, 4) is 11.5 Å². The lowest BCUT2D eigenvalue weighted by Crippen LogP contribution is -2.28. The molecule has 1 aliphatic heterocycles. The van der Waals surface area contributed by atoms with Crippen molar-refractivity contribution in [2.75, 3.05) is 18.8 Å². The van der Waals surface area contributed by atoms with Crippen molar-refractivity contribution in [3.63, 3.8) is 0 Å². The number of ether oxygens (including phenoxy) is 1. The molecule has 0 aromatic heterocycles. The highest BCUT2D eigenvalue weighted by molar-refractivity contribution is 5.43. The number of nitrogens with two attached hydrogens (primary N) is 1. The van der Waals surface area contributed by atoms with Gasteiger partial charge in [0, 0.05) is 12.2 Å². The molecule has 20 heavy (non-hydrogen) atoms. The smallest absolute Gasteiger partial charge is 0.127 e. The molecule has 3 nitrogen and oxygen atoms in total. The Labute approximate surface area is 119 Å².